The summed E-state index contributed by atoms with van der Waals surface area (Å²) in [6.07, 6.45) is 2.78. The van der Waals surface area contributed by atoms with Crippen LogP contribution in [0.1, 0.15) is 55.7 Å². The Balaban J connectivity index is 2.18. The van der Waals surface area contributed by atoms with Gasteiger partial charge in [0.05, 0.1) is 22.4 Å². The summed E-state index contributed by atoms with van der Waals surface area (Å²) in [7, 11) is 0. The van der Waals surface area contributed by atoms with Crippen molar-refractivity contribution in [1.29, 1.82) is 0 Å². The molecule has 21 heavy (non-hydrogen) atoms. The van der Waals surface area contributed by atoms with Crippen LogP contribution in [0.2, 0.25) is 0 Å². The Morgan fingerprint density at radius 1 is 1.33 bits per heavy atom. The van der Waals surface area contributed by atoms with E-state index >= 15 is 0 Å². The predicted molar refractivity (Wildman–Crippen MR) is 89.9 cm³/mol. The fourth-order valence-electron chi connectivity index (χ4n) is 2.20. The summed E-state index contributed by atoms with van der Waals surface area (Å²) < 4.78 is 0. The number of nitrogens with zero attached hydrogens (tertiary/aromatic N) is 2. The van der Waals surface area contributed by atoms with Gasteiger partial charge >= 0.3 is 0 Å². The Kier molecular flexibility index (Phi) is 5.12. The number of hydrogen-bond donors (Lipinski definition) is 1. The van der Waals surface area contributed by atoms with Crippen LogP contribution in [-0.2, 0) is 11.8 Å². The minimum atomic E-state index is 0.115. The predicted octanol–water partition coefficient (Wildman–Crippen LogP) is 4.04. The molecule has 2 heterocycles. The molecule has 0 amide bonds. The molecule has 114 valence electrons. The average molecular weight is 303 g/mol. The molecular formula is C17H25N3S. The lowest BCUT2D eigenvalue weighted by Crippen LogP contribution is -2.24. The lowest BCUT2D eigenvalue weighted by Gasteiger charge is -2.17. The number of thiazole rings is 1. The minimum absolute atomic E-state index is 0.115. The zero-order valence-corrected chi connectivity index (χ0v) is 14.4. The maximum Gasteiger partial charge on any atom is 0.0948 e. The van der Waals surface area contributed by atoms with Gasteiger partial charge in [-0.15, -0.1) is 11.3 Å². The Morgan fingerprint density at radius 2 is 2.10 bits per heavy atom. The fourth-order valence-corrected chi connectivity index (χ4v) is 3.27. The van der Waals surface area contributed by atoms with Gasteiger partial charge in [-0.3, -0.25) is 4.98 Å². The van der Waals surface area contributed by atoms with Gasteiger partial charge in [0.2, 0.25) is 0 Å². The second kappa shape index (κ2) is 6.67. The summed E-state index contributed by atoms with van der Waals surface area (Å²) in [6, 6.07) is 4.42. The van der Waals surface area contributed by atoms with Gasteiger partial charge in [-0.05, 0) is 31.2 Å². The highest BCUT2D eigenvalue weighted by Crippen LogP contribution is 2.26. The van der Waals surface area contributed by atoms with E-state index in [0.717, 1.165) is 18.7 Å². The molecule has 0 aliphatic heterocycles. The third kappa shape index (κ3) is 4.35. The maximum absolute atomic E-state index is 4.80. The standard InChI is InChI=1S/C17H25N3S/c1-6-18-14(13-9-12(2)7-8-19-13)10-16-20-15(11-21-16)17(3,4)5/h7-9,11,14,18H,6,10H2,1-5H3. The van der Waals surface area contributed by atoms with Crippen molar-refractivity contribution in [3.63, 3.8) is 0 Å². The molecular weight excluding hydrogens is 278 g/mol. The van der Waals surface area contributed by atoms with Gasteiger partial charge in [-0.2, -0.15) is 0 Å². The normalized spacial score (nSPS) is 13.4. The van der Waals surface area contributed by atoms with Gasteiger partial charge in [-0.25, -0.2) is 4.98 Å². The molecule has 1 N–H and O–H groups in total. The molecule has 1 atom stereocenters. The van der Waals surface area contributed by atoms with Crippen LogP contribution in [0.25, 0.3) is 0 Å². The van der Waals surface area contributed by atoms with Crippen molar-refractivity contribution in [3.8, 4) is 0 Å². The molecule has 0 saturated carbocycles. The van der Waals surface area contributed by atoms with Gasteiger partial charge in [0.15, 0.2) is 0 Å². The molecule has 0 saturated heterocycles. The topological polar surface area (TPSA) is 37.8 Å². The van der Waals surface area contributed by atoms with Crippen LogP contribution in [-0.4, -0.2) is 16.5 Å². The summed E-state index contributed by atoms with van der Waals surface area (Å²) in [5, 5.41) is 6.88. The second-order valence-electron chi connectivity index (χ2n) is 6.45. The van der Waals surface area contributed by atoms with Gasteiger partial charge in [0.25, 0.3) is 0 Å². The average Bonchev–Trinajstić information content (AvgIpc) is 2.87. The van der Waals surface area contributed by atoms with Crippen molar-refractivity contribution < 1.29 is 0 Å². The first kappa shape index (κ1) is 16.1. The SMILES string of the molecule is CCNC(Cc1nc(C(C)(C)C)cs1)c1cc(C)ccn1. The van der Waals surface area contributed by atoms with Crippen molar-refractivity contribution in [1.82, 2.24) is 15.3 Å². The number of aromatic nitrogens is 2. The van der Waals surface area contributed by atoms with Crippen LogP contribution < -0.4 is 5.32 Å². The van der Waals surface area contributed by atoms with E-state index in [-0.39, 0.29) is 11.5 Å². The molecule has 0 aromatic carbocycles. The van der Waals surface area contributed by atoms with Crippen LogP contribution >= 0.6 is 11.3 Å². The Labute approximate surface area is 131 Å². The highest BCUT2D eigenvalue weighted by Gasteiger charge is 2.20. The number of aryl methyl sites for hydroxylation is 1. The Hall–Kier alpha value is -1.26. The summed E-state index contributed by atoms with van der Waals surface area (Å²) in [6.45, 7) is 11.8. The molecule has 1 unspecified atom stereocenters. The Morgan fingerprint density at radius 3 is 2.67 bits per heavy atom. The van der Waals surface area contributed by atoms with E-state index in [2.05, 4.69) is 56.4 Å². The zero-order chi connectivity index (χ0) is 15.5. The molecule has 0 radical (unpaired) electrons. The molecule has 0 aliphatic carbocycles. The monoisotopic (exact) mass is 303 g/mol. The molecule has 3 nitrogen and oxygen atoms in total. The van der Waals surface area contributed by atoms with E-state index in [1.54, 1.807) is 11.3 Å². The lowest BCUT2D eigenvalue weighted by molar-refractivity contribution is 0.529. The van der Waals surface area contributed by atoms with E-state index in [4.69, 9.17) is 4.98 Å². The van der Waals surface area contributed by atoms with Gasteiger partial charge < -0.3 is 5.32 Å². The van der Waals surface area contributed by atoms with Gasteiger partial charge in [0.1, 0.15) is 0 Å². The molecule has 0 aliphatic rings. The van der Waals surface area contributed by atoms with Crippen molar-refractivity contribution in [2.75, 3.05) is 6.54 Å². The summed E-state index contributed by atoms with van der Waals surface area (Å²) in [5.41, 5.74) is 3.64. The quantitative estimate of drug-likeness (QED) is 0.906. The minimum Gasteiger partial charge on any atom is -0.309 e. The number of hydrogen-bond acceptors (Lipinski definition) is 4. The first-order chi connectivity index (χ1) is 9.90. The smallest absolute Gasteiger partial charge is 0.0948 e. The third-order valence-electron chi connectivity index (χ3n) is 3.44. The van der Waals surface area contributed by atoms with Crippen molar-refractivity contribution in [2.45, 2.75) is 52.5 Å². The van der Waals surface area contributed by atoms with E-state index in [1.165, 1.54) is 16.3 Å². The summed E-state index contributed by atoms with van der Waals surface area (Å²) in [4.78, 5) is 9.33. The maximum atomic E-state index is 4.80. The number of rotatable bonds is 5. The fraction of sp³-hybridized carbons (Fsp3) is 0.529. The van der Waals surface area contributed by atoms with E-state index in [9.17, 15) is 0 Å². The summed E-state index contributed by atoms with van der Waals surface area (Å²) in [5.74, 6) is 0. The molecule has 2 aromatic rings. The van der Waals surface area contributed by atoms with Crippen molar-refractivity contribution >= 4 is 11.3 Å². The zero-order valence-electron chi connectivity index (χ0n) is 13.6. The number of pyridine rings is 1. The largest absolute Gasteiger partial charge is 0.309 e. The van der Waals surface area contributed by atoms with E-state index in [1.807, 2.05) is 12.3 Å². The van der Waals surface area contributed by atoms with Crippen LogP contribution in [0, 0.1) is 6.92 Å². The van der Waals surface area contributed by atoms with Crippen molar-refractivity contribution in [3.05, 3.63) is 45.7 Å². The second-order valence-corrected chi connectivity index (χ2v) is 7.39. The first-order valence-electron chi connectivity index (χ1n) is 7.51. The van der Waals surface area contributed by atoms with E-state index in [0.29, 0.717) is 0 Å². The molecule has 0 spiro atoms. The highest BCUT2D eigenvalue weighted by atomic mass is 32.1. The molecule has 2 aromatic heterocycles. The van der Waals surface area contributed by atoms with Gasteiger partial charge in [0, 0.05) is 23.4 Å². The van der Waals surface area contributed by atoms with Crippen LogP contribution in [0.4, 0.5) is 0 Å². The van der Waals surface area contributed by atoms with Crippen molar-refractivity contribution in [2.24, 2.45) is 0 Å². The molecule has 2 rings (SSSR count). The van der Waals surface area contributed by atoms with Crippen LogP contribution in [0.3, 0.4) is 0 Å². The van der Waals surface area contributed by atoms with Crippen LogP contribution in [0.5, 0.6) is 0 Å². The number of nitrogens with one attached hydrogen (secondary N) is 1. The highest BCUT2D eigenvalue weighted by molar-refractivity contribution is 7.09. The molecule has 0 bridgehead atoms. The lowest BCUT2D eigenvalue weighted by atomic mass is 9.93. The van der Waals surface area contributed by atoms with E-state index < -0.39 is 0 Å². The van der Waals surface area contributed by atoms with Gasteiger partial charge in [-0.1, -0.05) is 27.7 Å². The Bertz CT molecular complexity index is 584. The first-order valence-corrected chi connectivity index (χ1v) is 8.39. The molecule has 0 fully saturated rings. The summed E-state index contributed by atoms with van der Waals surface area (Å²) >= 11 is 1.75. The van der Waals surface area contributed by atoms with Crippen LogP contribution in [0.15, 0.2) is 23.7 Å². The number of likely N-dealkylation sites (N-methyl/N-ethyl adjacent to an activating group) is 1. The molecule has 4 heteroatoms. The third-order valence-corrected chi connectivity index (χ3v) is 4.31.